The quantitative estimate of drug-likeness (QED) is 0.166. The van der Waals surface area contributed by atoms with Gasteiger partial charge in [0.05, 0.1) is 11.4 Å². The Morgan fingerprint density at radius 1 is 0.582 bits per heavy atom. The first-order chi connectivity index (χ1) is 27.0. The summed E-state index contributed by atoms with van der Waals surface area (Å²) in [5.74, 6) is 7.49. The van der Waals surface area contributed by atoms with Gasteiger partial charge in [-0.3, -0.25) is 0 Å². The van der Waals surface area contributed by atoms with Gasteiger partial charge in [0.25, 0.3) is 0 Å². The van der Waals surface area contributed by atoms with Gasteiger partial charge in [-0.2, -0.15) is 0 Å². The molecule has 0 saturated heterocycles. The van der Waals surface area contributed by atoms with E-state index in [9.17, 15) is 0 Å². The van der Waals surface area contributed by atoms with E-state index in [1.807, 2.05) is 0 Å². The molecule has 270 valence electrons. The van der Waals surface area contributed by atoms with Gasteiger partial charge < -0.3 is 14.1 Å². The van der Waals surface area contributed by atoms with Gasteiger partial charge in [-0.1, -0.05) is 36.4 Å². The molecule has 8 saturated carbocycles. The molecule has 17 rings (SSSR count). The molecule has 8 aliphatic carbocycles. The van der Waals surface area contributed by atoms with Crippen molar-refractivity contribution in [2.75, 3.05) is 4.90 Å². The van der Waals surface area contributed by atoms with Crippen molar-refractivity contribution in [2.45, 2.75) is 94.8 Å². The molecule has 6 aromatic rings. The average Bonchev–Trinajstić information content (AvgIpc) is 3.50. The minimum absolute atomic E-state index is 0.0777. The van der Waals surface area contributed by atoms with Crippen LogP contribution in [0.3, 0.4) is 0 Å². The zero-order valence-electron chi connectivity index (χ0n) is 31.9. The molecule has 3 nitrogen and oxygen atoms in total. The van der Waals surface area contributed by atoms with Gasteiger partial charge in [-0.25, -0.2) is 0 Å². The first kappa shape index (κ1) is 29.8. The van der Waals surface area contributed by atoms with Crippen molar-refractivity contribution in [3.8, 4) is 22.6 Å². The summed E-state index contributed by atoms with van der Waals surface area (Å²) in [6, 6.07) is 34.0. The third-order valence-corrected chi connectivity index (χ3v) is 17.4. The van der Waals surface area contributed by atoms with Crippen molar-refractivity contribution in [3.05, 3.63) is 102 Å². The maximum atomic E-state index is 6.74. The van der Waals surface area contributed by atoms with Crippen LogP contribution in [-0.4, -0.2) is 11.3 Å². The van der Waals surface area contributed by atoms with E-state index in [0.29, 0.717) is 10.8 Å². The van der Waals surface area contributed by atoms with Crippen LogP contribution in [0.5, 0.6) is 11.5 Å². The van der Waals surface area contributed by atoms with Crippen LogP contribution in [0.1, 0.15) is 93.7 Å². The molecule has 0 N–H and O–H groups in total. The summed E-state index contributed by atoms with van der Waals surface area (Å²) in [5.41, 5.74) is 17.7. The molecule has 55 heavy (non-hydrogen) atoms. The number of para-hydroxylation sites is 3. The Hall–Kier alpha value is -4.44. The van der Waals surface area contributed by atoms with Gasteiger partial charge in [0, 0.05) is 33.1 Å². The number of fused-ring (bicyclic) bond motifs is 9. The van der Waals surface area contributed by atoms with E-state index in [4.69, 9.17) is 4.74 Å². The molecule has 8 fully saturated rings. The van der Waals surface area contributed by atoms with Crippen LogP contribution in [0.2, 0.25) is 0 Å². The Morgan fingerprint density at radius 3 is 1.93 bits per heavy atom. The summed E-state index contributed by atoms with van der Waals surface area (Å²) in [4.78, 5) is 2.55. The number of hydrogen-bond acceptors (Lipinski definition) is 2. The van der Waals surface area contributed by atoms with Gasteiger partial charge in [0.1, 0.15) is 0 Å². The molecule has 11 aliphatic rings. The highest BCUT2D eigenvalue weighted by atomic mass is 16.5. The minimum atomic E-state index is 0.0777. The van der Waals surface area contributed by atoms with Crippen LogP contribution in [0, 0.1) is 42.4 Å². The Morgan fingerprint density at radius 2 is 1.22 bits per heavy atom. The highest BCUT2D eigenvalue weighted by Gasteiger charge is 2.54. The van der Waals surface area contributed by atoms with E-state index in [1.54, 1.807) is 11.1 Å². The van der Waals surface area contributed by atoms with Crippen LogP contribution in [-0.2, 0) is 10.8 Å². The molecule has 4 heterocycles. The SMILES string of the molecule is Cc1cc2c3c(c1)N1c4ccccc4Oc4cccc(c41)B3n1c3ccc(C45CC6CC(CC(C6)C4)C5)cc3c3cc(C45CC6CC(CC(C6)C4)C5)cc-2c31. The maximum Gasteiger partial charge on any atom is 0.333 e. The summed E-state index contributed by atoms with van der Waals surface area (Å²) < 4.78 is 9.54. The van der Waals surface area contributed by atoms with Crippen molar-refractivity contribution in [1.29, 1.82) is 0 Å². The molecule has 0 spiro atoms. The zero-order chi connectivity index (χ0) is 35.5. The van der Waals surface area contributed by atoms with Crippen LogP contribution in [0.15, 0.2) is 84.9 Å². The van der Waals surface area contributed by atoms with E-state index in [2.05, 4.69) is 101 Å². The van der Waals surface area contributed by atoms with Crippen LogP contribution < -0.4 is 20.6 Å². The molecule has 1 aromatic heterocycles. The number of hydrogen-bond donors (Lipinski definition) is 0. The van der Waals surface area contributed by atoms with Gasteiger partial charge in [0.15, 0.2) is 11.5 Å². The normalized spacial score (nSPS) is 33.3. The fraction of sp³-hybridized carbons (Fsp3) is 0.412. The first-order valence-corrected chi connectivity index (χ1v) is 22.0. The second kappa shape index (κ2) is 9.74. The van der Waals surface area contributed by atoms with Crippen molar-refractivity contribution >= 4 is 56.6 Å². The van der Waals surface area contributed by atoms with E-state index in [0.717, 1.165) is 52.7 Å². The predicted molar refractivity (Wildman–Crippen MR) is 224 cm³/mol. The molecule has 0 amide bonds. The summed E-state index contributed by atoms with van der Waals surface area (Å²) in [6.45, 7) is 2.40. The number of benzene rings is 5. The Kier molecular flexibility index (Phi) is 5.28. The summed E-state index contributed by atoms with van der Waals surface area (Å²) >= 11 is 0. The molecular weight excluding hydrogens is 667 g/mol. The topological polar surface area (TPSA) is 17.4 Å². The van der Waals surface area contributed by atoms with Gasteiger partial charge in [-0.15, -0.1) is 0 Å². The van der Waals surface area contributed by atoms with Gasteiger partial charge >= 0.3 is 6.85 Å². The lowest BCUT2D eigenvalue weighted by Crippen LogP contribution is -2.57. The summed E-state index contributed by atoms with van der Waals surface area (Å²) in [5, 5.41) is 3.03. The summed E-state index contributed by atoms with van der Waals surface area (Å²) in [7, 11) is 0. The smallest absolute Gasteiger partial charge is 0.333 e. The maximum absolute atomic E-state index is 6.74. The van der Waals surface area contributed by atoms with E-state index in [-0.39, 0.29) is 6.85 Å². The number of nitrogens with zero attached hydrogens (tertiary/aromatic N) is 2. The van der Waals surface area contributed by atoms with E-state index < -0.39 is 0 Å². The number of rotatable bonds is 2. The van der Waals surface area contributed by atoms with Crippen LogP contribution in [0.25, 0.3) is 32.9 Å². The highest BCUT2D eigenvalue weighted by molar-refractivity contribution is 6.90. The number of ether oxygens (including phenoxy) is 1. The average molecular weight is 715 g/mol. The van der Waals surface area contributed by atoms with Gasteiger partial charge in [0.2, 0.25) is 0 Å². The minimum Gasteiger partial charge on any atom is -0.453 e. The van der Waals surface area contributed by atoms with E-state index in [1.165, 1.54) is 138 Å². The second-order valence-electron chi connectivity index (χ2n) is 20.7. The first-order valence-electron chi connectivity index (χ1n) is 22.0. The Balaban J connectivity index is 1.05. The standard InChI is InChI=1S/C51H47BN2O/c1-28-11-38-40-21-36(51-25-32-16-33(26-51)18-34(17-32)27-51)20-39-37-19-35(50-22-29-13-30(23-50)15-31(14-29)24-50)9-10-42(37)54(48(39)40)52-41-5-4-8-46-49(41)53(44(12-28)47(38)52)43-6-2-3-7-45(43)55-46/h2-12,19-21,29-34H,13-18,22-27H2,1H3. The monoisotopic (exact) mass is 714 g/mol. The van der Waals surface area contributed by atoms with Crippen LogP contribution >= 0.6 is 0 Å². The Bertz CT molecular complexity index is 2680. The highest BCUT2D eigenvalue weighted by Crippen LogP contribution is 2.63. The Labute approximate surface area is 324 Å². The molecule has 3 aliphatic heterocycles. The number of aromatic nitrogens is 1. The van der Waals surface area contributed by atoms with Gasteiger partial charge in [-0.05, 0) is 212 Å². The molecule has 4 heteroatoms. The second-order valence-corrected chi connectivity index (χ2v) is 20.7. The molecule has 0 atom stereocenters. The fourth-order valence-electron chi connectivity index (χ4n) is 16.4. The van der Waals surface area contributed by atoms with Crippen LogP contribution in [0.4, 0.5) is 17.1 Å². The predicted octanol–water partition coefficient (Wildman–Crippen LogP) is 11.6. The lowest BCUT2D eigenvalue weighted by Gasteiger charge is -2.57. The van der Waals surface area contributed by atoms with Crippen molar-refractivity contribution < 1.29 is 4.74 Å². The molecule has 0 radical (unpaired) electrons. The van der Waals surface area contributed by atoms with Crippen molar-refractivity contribution in [2.24, 2.45) is 35.5 Å². The number of anilines is 3. The van der Waals surface area contributed by atoms with Crippen molar-refractivity contribution in [3.63, 3.8) is 0 Å². The van der Waals surface area contributed by atoms with E-state index >= 15 is 0 Å². The molecular formula is C51H47BN2O. The molecule has 5 aromatic carbocycles. The molecule has 8 bridgehead atoms. The zero-order valence-corrected chi connectivity index (χ0v) is 31.9. The third-order valence-electron chi connectivity index (χ3n) is 17.4. The lowest BCUT2D eigenvalue weighted by molar-refractivity contribution is -0.00527. The molecule has 0 unspecified atom stereocenters. The number of aryl methyl sites for hydroxylation is 1. The third kappa shape index (κ3) is 3.64. The van der Waals surface area contributed by atoms with Crippen molar-refractivity contribution in [1.82, 2.24) is 4.48 Å². The summed E-state index contributed by atoms with van der Waals surface area (Å²) in [6.07, 6.45) is 17.4. The largest absolute Gasteiger partial charge is 0.453 e. The fourth-order valence-corrected chi connectivity index (χ4v) is 16.4. The lowest BCUT2D eigenvalue weighted by atomic mass is 9.44.